The van der Waals surface area contributed by atoms with Gasteiger partial charge < -0.3 is 16.3 Å². The lowest BCUT2D eigenvalue weighted by Crippen LogP contribution is -2.37. The molecule has 0 fully saturated rings. The summed E-state index contributed by atoms with van der Waals surface area (Å²) in [4.78, 5) is 16.3. The van der Waals surface area contributed by atoms with Gasteiger partial charge in [-0.2, -0.15) is 0 Å². The van der Waals surface area contributed by atoms with Crippen molar-refractivity contribution in [3.8, 4) is 0 Å². The summed E-state index contributed by atoms with van der Waals surface area (Å²) < 4.78 is 0. The third-order valence-corrected chi connectivity index (χ3v) is 3.00. The lowest BCUT2D eigenvalue weighted by atomic mass is 9.97. The molecule has 6 nitrogen and oxygen atoms in total. The molecule has 0 aliphatic rings. The molecular weight excluding hydrogens is 268 g/mol. The highest BCUT2D eigenvalue weighted by Gasteiger charge is 2.24. The molecule has 1 unspecified atom stereocenters. The Hall–Kier alpha value is -2.89. The number of carbonyl (C=O) groups excluding carboxylic acids is 1. The summed E-state index contributed by atoms with van der Waals surface area (Å²) in [5, 5.41) is 14.6. The molecule has 0 spiro atoms. The van der Waals surface area contributed by atoms with Gasteiger partial charge in [0, 0.05) is 18.9 Å². The number of amidine groups is 1. The van der Waals surface area contributed by atoms with E-state index in [0.717, 1.165) is 5.56 Å². The van der Waals surface area contributed by atoms with Crippen LogP contribution in [0.4, 0.5) is 0 Å². The number of amides is 1. The van der Waals surface area contributed by atoms with E-state index in [0.29, 0.717) is 12.1 Å². The number of carbonyl (C=O) groups is 1. The third-order valence-electron chi connectivity index (χ3n) is 3.00. The molecule has 2 rings (SSSR count). The van der Waals surface area contributed by atoms with E-state index in [2.05, 4.69) is 15.5 Å². The predicted octanol–water partition coefficient (Wildman–Crippen LogP) is 1.23. The number of hydrogen-bond acceptors (Lipinski definition) is 4. The van der Waals surface area contributed by atoms with E-state index in [9.17, 15) is 4.79 Å². The van der Waals surface area contributed by atoms with E-state index in [1.165, 1.54) is 0 Å². The smallest absolute Gasteiger partial charge is 0.235 e. The first kappa shape index (κ1) is 14.5. The molecule has 2 aromatic rings. The maximum absolute atomic E-state index is 12.3. The lowest BCUT2D eigenvalue weighted by molar-refractivity contribution is -0.121. The van der Waals surface area contributed by atoms with Crippen LogP contribution >= 0.6 is 0 Å². The van der Waals surface area contributed by atoms with Gasteiger partial charge >= 0.3 is 0 Å². The minimum Gasteiger partial charge on any atom is -0.409 e. The van der Waals surface area contributed by atoms with Crippen LogP contribution in [0.15, 0.2) is 60.0 Å². The molecule has 0 aliphatic heterocycles. The van der Waals surface area contributed by atoms with Crippen LogP contribution in [0.5, 0.6) is 0 Å². The normalized spacial score (nSPS) is 12.7. The van der Waals surface area contributed by atoms with Crippen LogP contribution in [0.1, 0.15) is 17.0 Å². The zero-order valence-electron chi connectivity index (χ0n) is 11.3. The first-order valence-electron chi connectivity index (χ1n) is 6.41. The Morgan fingerprint density at radius 1 is 1.29 bits per heavy atom. The predicted molar refractivity (Wildman–Crippen MR) is 78.7 cm³/mol. The number of aromatic nitrogens is 1. The minimum atomic E-state index is -0.826. The van der Waals surface area contributed by atoms with Gasteiger partial charge in [-0.05, 0) is 17.2 Å². The van der Waals surface area contributed by atoms with Crippen LogP contribution in [-0.2, 0) is 11.3 Å². The average Bonchev–Trinajstić information content (AvgIpc) is 2.55. The Morgan fingerprint density at radius 2 is 2.05 bits per heavy atom. The van der Waals surface area contributed by atoms with Crippen LogP contribution < -0.4 is 11.1 Å². The minimum absolute atomic E-state index is 0.148. The second-order valence-electron chi connectivity index (χ2n) is 4.45. The molecule has 0 bridgehead atoms. The fourth-order valence-electron chi connectivity index (χ4n) is 1.95. The van der Waals surface area contributed by atoms with Gasteiger partial charge in [0.05, 0.1) is 0 Å². The van der Waals surface area contributed by atoms with Crippen LogP contribution in [-0.4, -0.2) is 21.9 Å². The van der Waals surface area contributed by atoms with Crippen molar-refractivity contribution >= 4 is 11.7 Å². The van der Waals surface area contributed by atoms with Gasteiger partial charge in [-0.3, -0.25) is 9.78 Å². The Bertz CT molecular complexity index is 614. The highest BCUT2D eigenvalue weighted by Crippen LogP contribution is 2.16. The number of hydrogen-bond donors (Lipinski definition) is 3. The molecule has 1 heterocycles. The third kappa shape index (κ3) is 3.79. The standard InChI is InChI=1S/C15H16N4O2/c16-14(19-21)13(12-6-2-1-3-7-12)15(20)18-10-11-5-4-8-17-9-11/h1-9,13,21H,10H2,(H2,16,19)(H,18,20). The molecule has 1 aromatic carbocycles. The van der Waals surface area contributed by atoms with Crippen molar-refractivity contribution in [3.05, 3.63) is 66.0 Å². The lowest BCUT2D eigenvalue weighted by Gasteiger charge is -2.15. The Labute approximate surface area is 122 Å². The highest BCUT2D eigenvalue weighted by atomic mass is 16.4. The van der Waals surface area contributed by atoms with Crippen LogP contribution in [0, 0.1) is 0 Å². The van der Waals surface area contributed by atoms with E-state index in [1.807, 2.05) is 12.1 Å². The summed E-state index contributed by atoms with van der Waals surface area (Å²) in [6.45, 7) is 0.328. The van der Waals surface area contributed by atoms with Gasteiger partial charge in [-0.25, -0.2) is 0 Å². The monoisotopic (exact) mass is 284 g/mol. The molecular formula is C15H16N4O2. The van der Waals surface area contributed by atoms with Crippen LogP contribution in [0.25, 0.3) is 0 Å². The quantitative estimate of drug-likeness (QED) is 0.332. The fraction of sp³-hybridized carbons (Fsp3) is 0.133. The average molecular weight is 284 g/mol. The zero-order valence-corrected chi connectivity index (χ0v) is 11.3. The molecule has 0 saturated heterocycles. The Kier molecular flexibility index (Phi) is 4.87. The highest BCUT2D eigenvalue weighted by molar-refractivity contribution is 6.07. The molecule has 1 aromatic heterocycles. The van der Waals surface area contributed by atoms with E-state index >= 15 is 0 Å². The van der Waals surface area contributed by atoms with Crippen molar-refractivity contribution in [3.63, 3.8) is 0 Å². The Morgan fingerprint density at radius 3 is 2.67 bits per heavy atom. The number of benzene rings is 1. The van der Waals surface area contributed by atoms with E-state index in [-0.39, 0.29) is 11.7 Å². The molecule has 1 atom stereocenters. The molecule has 0 aliphatic carbocycles. The summed E-state index contributed by atoms with van der Waals surface area (Å²) in [5.74, 6) is -1.31. The van der Waals surface area contributed by atoms with Crippen molar-refractivity contribution in [2.24, 2.45) is 10.9 Å². The van der Waals surface area contributed by atoms with E-state index in [1.54, 1.807) is 42.7 Å². The van der Waals surface area contributed by atoms with Crippen molar-refractivity contribution < 1.29 is 10.0 Å². The van der Waals surface area contributed by atoms with Crippen LogP contribution in [0.3, 0.4) is 0 Å². The molecule has 4 N–H and O–H groups in total. The van der Waals surface area contributed by atoms with Gasteiger partial charge in [0.15, 0.2) is 5.84 Å². The Balaban J connectivity index is 2.12. The van der Waals surface area contributed by atoms with Gasteiger partial charge in [0.1, 0.15) is 5.92 Å². The van der Waals surface area contributed by atoms with Crippen molar-refractivity contribution in [1.29, 1.82) is 0 Å². The second-order valence-corrected chi connectivity index (χ2v) is 4.45. The first-order valence-corrected chi connectivity index (χ1v) is 6.41. The number of pyridine rings is 1. The molecule has 0 saturated carbocycles. The van der Waals surface area contributed by atoms with Gasteiger partial charge in [0.2, 0.25) is 5.91 Å². The van der Waals surface area contributed by atoms with Crippen molar-refractivity contribution in [1.82, 2.24) is 10.3 Å². The molecule has 0 radical (unpaired) electrons. The van der Waals surface area contributed by atoms with Crippen molar-refractivity contribution in [2.75, 3.05) is 0 Å². The summed E-state index contributed by atoms with van der Waals surface area (Å²) in [5.41, 5.74) is 7.18. The largest absolute Gasteiger partial charge is 0.409 e. The number of nitrogens with one attached hydrogen (secondary N) is 1. The van der Waals surface area contributed by atoms with E-state index < -0.39 is 5.92 Å². The molecule has 6 heteroatoms. The van der Waals surface area contributed by atoms with Gasteiger partial charge in [-0.15, -0.1) is 0 Å². The fourth-order valence-corrected chi connectivity index (χ4v) is 1.95. The van der Waals surface area contributed by atoms with Crippen LogP contribution in [0.2, 0.25) is 0 Å². The summed E-state index contributed by atoms with van der Waals surface area (Å²) in [6.07, 6.45) is 3.33. The molecule has 108 valence electrons. The van der Waals surface area contributed by atoms with E-state index in [4.69, 9.17) is 10.9 Å². The summed E-state index contributed by atoms with van der Waals surface area (Å²) in [7, 11) is 0. The topological polar surface area (TPSA) is 101 Å². The summed E-state index contributed by atoms with van der Waals surface area (Å²) in [6, 6.07) is 12.6. The first-order chi connectivity index (χ1) is 10.2. The summed E-state index contributed by atoms with van der Waals surface area (Å²) >= 11 is 0. The number of nitrogens with two attached hydrogens (primary N) is 1. The SMILES string of the molecule is NC(=NO)C(C(=O)NCc1cccnc1)c1ccccc1. The number of nitrogens with zero attached hydrogens (tertiary/aromatic N) is 2. The van der Waals surface area contributed by atoms with Crippen molar-refractivity contribution in [2.45, 2.75) is 12.5 Å². The number of oxime groups is 1. The zero-order chi connectivity index (χ0) is 15.1. The number of rotatable bonds is 5. The molecule has 1 amide bonds. The second kappa shape index (κ2) is 7.04. The van der Waals surface area contributed by atoms with Gasteiger partial charge in [-0.1, -0.05) is 41.6 Å². The maximum Gasteiger partial charge on any atom is 0.235 e. The maximum atomic E-state index is 12.3. The molecule has 21 heavy (non-hydrogen) atoms. The van der Waals surface area contributed by atoms with Gasteiger partial charge in [0.25, 0.3) is 0 Å².